The van der Waals surface area contributed by atoms with Crippen LogP contribution >= 0.6 is 27.3 Å². The minimum Gasteiger partial charge on any atom is -0.462 e. The van der Waals surface area contributed by atoms with Crippen molar-refractivity contribution in [1.29, 1.82) is 5.26 Å². The molecule has 29 heavy (non-hydrogen) atoms. The van der Waals surface area contributed by atoms with Gasteiger partial charge in [-0.2, -0.15) is 5.26 Å². The van der Waals surface area contributed by atoms with Gasteiger partial charge in [-0.15, -0.1) is 11.3 Å². The number of hydrogen-bond donors (Lipinski definition) is 1. The van der Waals surface area contributed by atoms with E-state index in [1.165, 1.54) is 10.9 Å². The van der Waals surface area contributed by atoms with E-state index >= 15 is 0 Å². The van der Waals surface area contributed by atoms with Crippen molar-refractivity contribution in [2.75, 3.05) is 6.61 Å². The number of aromatic nitrogens is 2. The van der Waals surface area contributed by atoms with E-state index in [9.17, 15) is 14.9 Å². The standard InChI is InChI=1S/C20H17BrN4O3S/c1-4-28-20(27)17-11(2)15(9-22)18(29-17)23-10-16-12(3)24-25(19(16)26)14-7-5-13(21)6-8-14/h5-8,10,24H,4H2,1-3H3/b23-10+. The lowest BCUT2D eigenvalue weighted by molar-refractivity contribution is 0.0531. The van der Waals surface area contributed by atoms with Gasteiger partial charge in [0.15, 0.2) is 0 Å². The summed E-state index contributed by atoms with van der Waals surface area (Å²) in [4.78, 5) is 29.6. The summed E-state index contributed by atoms with van der Waals surface area (Å²) in [7, 11) is 0. The number of thiophene rings is 1. The van der Waals surface area contributed by atoms with E-state index in [2.05, 4.69) is 32.1 Å². The SMILES string of the molecule is CCOC(=O)c1sc(/N=C/c2c(C)[nH]n(-c3ccc(Br)cc3)c2=O)c(C#N)c1C. The monoisotopic (exact) mass is 472 g/mol. The molecule has 0 fully saturated rings. The fourth-order valence-corrected chi connectivity index (χ4v) is 3.98. The van der Waals surface area contributed by atoms with Crippen LogP contribution in [0.5, 0.6) is 0 Å². The molecule has 0 saturated carbocycles. The highest BCUT2D eigenvalue weighted by atomic mass is 79.9. The van der Waals surface area contributed by atoms with Crippen molar-refractivity contribution >= 4 is 44.5 Å². The normalized spacial score (nSPS) is 11.0. The number of hydrogen-bond acceptors (Lipinski definition) is 6. The molecule has 3 rings (SSSR count). The summed E-state index contributed by atoms with van der Waals surface area (Å²) in [6.45, 7) is 5.42. The Morgan fingerprint density at radius 1 is 1.38 bits per heavy atom. The Morgan fingerprint density at radius 3 is 2.69 bits per heavy atom. The molecule has 3 aromatic rings. The average Bonchev–Trinajstić information content (AvgIpc) is 3.16. The van der Waals surface area contributed by atoms with Crippen molar-refractivity contribution in [2.24, 2.45) is 4.99 Å². The molecule has 7 nitrogen and oxygen atoms in total. The predicted octanol–water partition coefficient (Wildman–Crippen LogP) is 4.41. The topological polar surface area (TPSA) is 100 Å². The second kappa shape index (κ2) is 8.59. The van der Waals surface area contributed by atoms with E-state index in [1.807, 2.05) is 24.3 Å². The van der Waals surface area contributed by atoms with Crippen LogP contribution in [0.1, 0.15) is 39.0 Å². The van der Waals surface area contributed by atoms with Gasteiger partial charge in [-0.25, -0.2) is 14.5 Å². The highest BCUT2D eigenvalue weighted by Crippen LogP contribution is 2.35. The van der Waals surface area contributed by atoms with E-state index in [4.69, 9.17) is 4.74 Å². The van der Waals surface area contributed by atoms with Gasteiger partial charge in [0.25, 0.3) is 5.56 Å². The number of carbonyl (C=O) groups excluding carboxylic acids is 1. The number of ether oxygens (including phenoxy) is 1. The number of H-pyrrole nitrogens is 1. The summed E-state index contributed by atoms with van der Waals surface area (Å²) >= 11 is 4.45. The number of aryl methyl sites for hydroxylation is 1. The fourth-order valence-electron chi connectivity index (χ4n) is 2.72. The van der Waals surface area contributed by atoms with Crippen LogP contribution in [-0.4, -0.2) is 28.6 Å². The number of benzene rings is 1. The maximum absolute atomic E-state index is 12.8. The first-order chi connectivity index (χ1) is 13.9. The molecule has 0 aliphatic heterocycles. The quantitative estimate of drug-likeness (QED) is 0.438. The predicted molar refractivity (Wildman–Crippen MR) is 116 cm³/mol. The Kier molecular flexibility index (Phi) is 6.15. The molecule has 148 valence electrons. The van der Waals surface area contributed by atoms with Crippen molar-refractivity contribution < 1.29 is 9.53 Å². The Morgan fingerprint density at radius 2 is 2.07 bits per heavy atom. The first-order valence-electron chi connectivity index (χ1n) is 8.69. The lowest BCUT2D eigenvalue weighted by Gasteiger charge is -2.00. The minimum absolute atomic E-state index is 0.245. The number of esters is 1. The van der Waals surface area contributed by atoms with Crippen LogP contribution in [0.2, 0.25) is 0 Å². The van der Waals surface area contributed by atoms with Crippen LogP contribution in [0.3, 0.4) is 0 Å². The number of rotatable bonds is 5. The van der Waals surface area contributed by atoms with Gasteiger partial charge >= 0.3 is 5.97 Å². The second-order valence-corrected chi connectivity index (χ2v) is 8.01. The summed E-state index contributed by atoms with van der Waals surface area (Å²) in [5, 5.41) is 12.9. The number of aromatic amines is 1. The second-order valence-electron chi connectivity index (χ2n) is 6.09. The van der Waals surface area contributed by atoms with E-state index in [-0.39, 0.29) is 12.2 Å². The first-order valence-corrected chi connectivity index (χ1v) is 10.3. The van der Waals surface area contributed by atoms with Crippen molar-refractivity contribution in [3.8, 4) is 11.8 Å². The first kappa shape index (κ1) is 20.8. The number of halogens is 1. The highest BCUT2D eigenvalue weighted by molar-refractivity contribution is 9.10. The lowest BCUT2D eigenvalue weighted by Crippen LogP contribution is -2.17. The number of carbonyl (C=O) groups is 1. The van der Waals surface area contributed by atoms with Crippen molar-refractivity contribution in [1.82, 2.24) is 9.78 Å². The van der Waals surface area contributed by atoms with Crippen LogP contribution in [0.15, 0.2) is 38.5 Å². The van der Waals surface area contributed by atoms with Gasteiger partial charge in [-0.1, -0.05) is 15.9 Å². The summed E-state index contributed by atoms with van der Waals surface area (Å²) in [6.07, 6.45) is 1.42. The Labute approximate surface area is 179 Å². The van der Waals surface area contributed by atoms with Gasteiger partial charge < -0.3 is 4.74 Å². The molecule has 0 spiro atoms. The third kappa shape index (κ3) is 4.09. The third-order valence-electron chi connectivity index (χ3n) is 4.21. The molecule has 9 heteroatoms. The van der Waals surface area contributed by atoms with Crippen molar-refractivity contribution in [2.45, 2.75) is 20.8 Å². The van der Waals surface area contributed by atoms with Gasteiger partial charge in [0, 0.05) is 16.4 Å². The van der Waals surface area contributed by atoms with Gasteiger partial charge in [0.1, 0.15) is 15.9 Å². The van der Waals surface area contributed by atoms with E-state index < -0.39 is 5.97 Å². The number of nitrogens with zero attached hydrogens (tertiary/aromatic N) is 3. The number of nitriles is 1. The molecule has 2 aromatic heterocycles. The van der Waals surface area contributed by atoms with Crippen molar-refractivity contribution in [3.63, 3.8) is 0 Å². The summed E-state index contributed by atoms with van der Waals surface area (Å²) in [5.74, 6) is -0.483. The van der Waals surface area contributed by atoms with Gasteiger partial charge in [-0.3, -0.25) is 9.89 Å². The summed E-state index contributed by atoms with van der Waals surface area (Å²) in [6, 6.07) is 9.38. The van der Waals surface area contributed by atoms with Crippen molar-refractivity contribution in [3.05, 3.63) is 66.4 Å². The molecule has 0 aliphatic rings. The van der Waals surface area contributed by atoms with Crippen LogP contribution in [-0.2, 0) is 4.74 Å². The van der Waals surface area contributed by atoms with E-state index in [0.29, 0.717) is 37.9 Å². The molecule has 0 saturated heterocycles. The molecule has 0 unspecified atom stereocenters. The van der Waals surface area contributed by atoms with Crippen LogP contribution in [0.25, 0.3) is 5.69 Å². The van der Waals surface area contributed by atoms with Gasteiger partial charge in [0.2, 0.25) is 0 Å². The maximum atomic E-state index is 12.8. The zero-order chi connectivity index (χ0) is 21.1. The molecule has 1 aromatic carbocycles. The molecule has 0 atom stereocenters. The third-order valence-corrected chi connectivity index (χ3v) is 5.92. The van der Waals surface area contributed by atoms with Crippen LogP contribution < -0.4 is 5.56 Å². The average molecular weight is 473 g/mol. The summed E-state index contributed by atoms with van der Waals surface area (Å²) < 4.78 is 7.37. The fraction of sp³-hybridized carbons (Fsp3) is 0.200. The van der Waals surface area contributed by atoms with Crippen LogP contribution in [0.4, 0.5) is 5.00 Å². The highest BCUT2D eigenvalue weighted by Gasteiger charge is 2.21. The Hall–Kier alpha value is -2.96. The van der Waals surface area contributed by atoms with Gasteiger partial charge in [0.05, 0.1) is 23.4 Å². The minimum atomic E-state index is -0.483. The Bertz CT molecular complexity index is 1200. The zero-order valence-corrected chi connectivity index (χ0v) is 18.3. The Balaban J connectivity index is 2.00. The number of aliphatic imine (C=N–C) groups is 1. The molecule has 0 amide bonds. The van der Waals surface area contributed by atoms with Crippen LogP contribution in [0, 0.1) is 25.2 Å². The number of nitrogens with one attached hydrogen (secondary N) is 1. The lowest BCUT2D eigenvalue weighted by atomic mass is 10.2. The molecule has 0 aliphatic carbocycles. The molecule has 0 bridgehead atoms. The van der Waals surface area contributed by atoms with E-state index in [1.54, 1.807) is 20.8 Å². The molecule has 0 radical (unpaired) electrons. The molecular formula is C20H17BrN4O3S. The molecular weight excluding hydrogens is 456 g/mol. The molecule has 1 N–H and O–H groups in total. The zero-order valence-electron chi connectivity index (χ0n) is 15.9. The maximum Gasteiger partial charge on any atom is 0.348 e. The van der Waals surface area contributed by atoms with E-state index in [0.717, 1.165) is 15.8 Å². The van der Waals surface area contributed by atoms with Gasteiger partial charge in [-0.05, 0) is 50.6 Å². The molecule has 2 heterocycles. The smallest absolute Gasteiger partial charge is 0.348 e. The summed E-state index contributed by atoms with van der Waals surface area (Å²) in [5.41, 5.74) is 2.28. The largest absolute Gasteiger partial charge is 0.462 e.